The fourth-order valence-electron chi connectivity index (χ4n) is 4.50. The van der Waals surface area contributed by atoms with Crippen LogP contribution in [0.1, 0.15) is 27.6 Å². The van der Waals surface area contributed by atoms with E-state index in [1.54, 1.807) is 31.4 Å². The van der Waals surface area contributed by atoms with Crippen molar-refractivity contribution >= 4 is 16.7 Å². The van der Waals surface area contributed by atoms with Gasteiger partial charge in [-0.25, -0.2) is 0 Å². The highest BCUT2D eigenvalue weighted by molar-refractivity contribution is 5.94. The van der Waals surface area contributed by atoms with Gasteiger partial charge in [-0.1, -0.05) is 36.4 Å². The summed E-state index contributed by atoms with van der Waals surface area (Å²) in [6.07, 6.45) is 1.53. The normalized spacial score (nSPS) is 13.9. The fourth-order valence-corrected chi connectivity index (χ4v) is 4.50. The van der Waals surface area contributed by atoms with Crippen LogP contribution in [0.15, 0.2) is 66.7 Å². The first-order valence-electron chi connectivity index (χ1n) is 11.7. The van der Waals surface area contributed by atoms with Crippen LogP contribution in [0.5, 0.6) is 5.75 Å². The Morgan fingerprint density at radius 2 is 1.79 bits per heavy atom. The molecule has 0 unspecified atom stereocenters. The molecule has 0 fully saturated rings. The Morgan fingerprint density at radius 3 is 2.62 bits per heavy atom. The maximum Gasteiger partial charge on any atom is 0.251 e. The van der Waals surface area contributed by atoms with Crippen LogP contribution in [0.3, 0.4) is 0 Å². The molecule has 1 aliphatic rings. The third-order valence-corrected chi connectivity index (χ3v) is 6.40. The largest absolute Gasteiger partial charge is 0.497 e. The molecule has 174 valence electrons. The first-order valence-corrected chi connectivity index (χ1v) is 11.7. The summed E-state index contributed by atoms with van der Waals surface area (Å²) >= 11 is 0. The van der Waals surface area contributed by atoms with Crippen LogP contribution in [-0.4, -0.2) is 52.3 Å². The van der Waals surface area contributed by atoms with Gasteiger partial charge >= 0.3 is 0 Å². The molecule has 5 rings (SSSR count). The Labute approximate surface area is 199 Å². The molecular weight excluding hydrogens is 426 g/mol. The summed E-state index contributed by atoms with van der Waals surface area (Å²) in [5, 5.41) is 14.4. The predicted molar refractivity (Wildman–Crippen MR) is 132 cm³/mol. The van der Waals surface area contributed by atoms with Crippen LogP contribution in [0.4, 0.5) is 0 Å². The highest BCUT2D eigenvalue weighted by atomic mass is 16.5. The van der Waals surface area contributed by atoms with Crippen LogP contribution in [0, 0.1) is 0 Å². The molecule has 0 atom stereocenters. The number of nitrogens with zero attached hydrogens (tertiary/aromatic N) is 4. The van der Waals surface area contributed by atoms with Crippen LogP contribution >= 0.6 is 0 Å². The summed E-state index contributed by atoms with van der Waals surface area (Å²) in [4.78, 5) is 14.9. The summed E-state index contributed by atoms with van der Waals surface area (Å²) in [5.41, 5.74) is 1.95. The molecule has 1 aromatic heterocycles. The minimum Gasteiger partial charge on any atom is -0.497 e. The van der Waals surface area contributed by atoms with Gasteiger partial charge in [0.25, 0.3) is 5.91 Å². The number of carbonyl (C=O) groups excluding carboxylic acids is 1. The van der Waals surface area contributed by atoms with Crippen molar-refractivity contribution in [3.05, 3.63) is 89.5 Å². The second-order valence-corrected chi connectivity index (χ2v) is 8.63. The Balaban J connectivity index is 1.16. The van der Waals surface area contributed by atoms with Gasteiger partial charge in [-0.05, 0) is 46.7 Å². The summed E-state index contributed by atoms with van der Waals surface area (Å²) in [6.45, 7) is 4.21. The zero-order valence-corrected chi connectivity index (χ0v) is 19.4. The van der Waals surface area contributed by atoms with Gasteiger partial charge in [0.15, 0.2) is 0 Å². The maximum absolute atomic E-state index is 12.4. The quantitative estimate of drug-likeness (QED) is 0.462. The van der Waals surface area contributed by atoms with E-state index in [1.807, 2.05) is 0 Å². The molecule has 0 saturated carbocycles. The number of benzene rings is 3. The molecule has 1 aliphatic heterocycles. The van der Waals surface area contributed by atoms with Crippen molar-refractivity contribution in [2.45, 2.75) is 25.9 Å². The van der Waals surface area contributed by atoms with Crippen molar-refractivity contribution in [3.63, 3.8) is 0 Å². The molecule has 3 aromatic carbocycles. The van der Waals surface area contributed by atoms with Gasteiger partial charge < -0.3 is 14.6 Å². The van der Waals surface area contributed by atoms with E-state index < -0.39 is 0 Å². The lowest BCUT2D eigenvalue weighted by atomic mass is 10.1. The molecule has 7 heteroatoms. The first kappa shape index (κ1) is 22.1. The van der Waals surface area contributed by atoms with E-state index in [1.165, 1.54) is 16.3 Å². The second-order valence-electron chi connectivity index (χ2n) is 8.63. The van der Waals surface area contributed by atoms with E-state index in [0.29, 0.717) is 18.5 Å². The minimum atomic E-state index is -0.0974. The molecule has 1 N–H and O–H groups in total. The lowest BCUT2D eigenvalue weighted by Gasteiger charge is -2.20. The third kappa shape index (κ3) is 4.94. The number of ether oxygens (including phenoxy) is 1. The van der Waals surface area contributed by atoms with Crippen molar-refractivity contribution < 1.29 is 9.53 Å². The monoisotopic (exact) mass is 455 g/mol. The van der Waals surface area contributed by atoms with E-state index in [2.05, 4.69) is 67.4 Å². The Morgan fingerprint density at radius 1 is 0.971 bits per heavy atom. The van der Waals surface area contributed by atoms with Gasteiger partial charge in [0.1, 0.15) is 17.4 Å². The number of methoxy groups -OCH3 is 1. The maximum atomic E-state index is 12.4. The number of rotatable bonds is 7. The Kier molecular flexibility index (Phi) is 6.53. The molecule has 1 amide bonds. The van der Waals surface area contributed by atoms with Gasteiger partial charge in [0, 0.05) is 51.1 Å². The van der Waals surface area contributed by atoms with Gasteiger partial charge in [0.05, 0.1) is 7.11 Å². The molecule has 0 bridgehead atoms. The molecule has 0 saturated heterocycles. The number of nitrogens with one attached hydrogen (secondary N) is 1. The molecule has 7 nitrogen and oxygen atoms in total. The SMILES string of the molecule is COc1ccc(C(=O)NCCc2nnc3n2CCN(Cc2ccc4ccccc4c2)CC3)cc1. The van der Waals surface area contributed by atoms with E-state index >= 15 is 0 Å². The van der Waals surface area contributed by atoms with Crippen LogP contribution in [0.25, 0.3) is 10.8 Å². The molecule has 0 spiro atoms. The van der Waals surface area contributed by atoms with E-state index in [0.717, 1.165) is 50.0 Å². The van der Waals surface area contributed by atoms with Crippen molar-refractivity contribution in [2.24, 2.45) is 0 Å². The van der Waals surface area contributed by atoms with Crippen molar-refractivity contribution in [3.8, 4) is 5.75 Å². The highest BCUT2D eigenvalue weighted by Gasteiger charge is 2.19. The average Bonchev–Trinajstić information content (AvgIpc) is 3.15. The smallest absolute Gasteiger partial charge is 0.251 e. The van der Waals surface area contributed by atoms with Crippen LogP contribution < -0.4 is 10.1 Å². The number of aromatic nitrogens is 3. The second kappa shape index (κ2) is 10.1. The highest BCUT2D eigenvalue weighted by Crippen LogP contribution is 2.18. The zero-order valence-electron chi connectivity index (χ0n) is 19.4. The zero-order chi connectivity index (χ0) is 23.3. The fraction of sp³-hybridized carbons (Fsp3) is 0.296. The number of fused-ring (bicyclic) bond motifs is 2. The number of hydrogen-bond donors (Lipinski definition) is 1. The van der Waals surface area contributed by atoms with Crippen LogP contribution in [0.2, 0.25) is 0 Å². The molecule has 4 aromatic rings. The van der Waals surface area contributed by atoms with Gasteiger partial charge in [0.2, 0.25) is 0 Å². The Bertz CT molecular complexity index is 1280. The average molecular weight is 456 g/mol. The summed E-state index contributed by atoms with van der Waals surface area (Å²) in [6, 6.07) is 22.3. The van der Waals surface area contributed by atoms with Crippen molar-refractivity contribution in [1.29, 1.82) is 0 Å². The third-order valence-electron chi connectivity index (χ3n) is 6.40. The Hall–Kier alpha value is -3.71. The number of carbonyl (C=O) groups is 1. The molecular formula is C27H29N5O2. The van der Waals surface area contributed by atoms with Gasteiger partial charge in [-0.2, -0.15) is 0 Å². The predicted octanol–water partition coefficient (Wildman–Crippen LogP) is 3.47. The van der Waals surface area contributed by atoms with E-state index in [4.69, 9.17) is 4.74 Å². The van der Waals surface area contributed by atoms with E-state index in [9.17, 15) is 4.79 Å². The molecule has 0 aliphatic carbocycles. The molecule has 2 heterocycles. The van der Waals surface area contributed by atoms with Crippen molar-refractivity contribution in [1.82, 2.24) is 25.0 Å². The number of hydrogen-bond acceptors (Lipinski definition) is 5. The van der Waals surface area contributed by atoms with Crippen LogP contribution in [-0.2, 0) is 25.9 Å². The lowest BCUT2D eigenvalue weighted by molar-refractivity contribution is 0.0954. The summed E-state index contributed by atoms with van der Waals surface area (Å²) in [5.74, 6) is 2.59. The lowest BCUT2D eigenvalue weighted by Crippen LogP contribution is -2.28. The molecule has 0 radical (unpaired) electrons. The van der Waals surface area contributed by atoms with Gasteiger partial charge in [-0.3, -0.25) is 9.69 Å². The van der Waals surface area contributed by atoms with Crippen molar-refractivity contribution in [2.75, 3.05) is 26.7 Å². The standard InChI is InChI=1S/C27H29N5O2/c1-34-24-10-8-22(9-11-24)27(33)28-14-12-25-29-30-26-13-15-31(16-17-32(25)26)19-20-6-7-21-4-2-3-5-23(21)18-20/h2-11,18H,12-17,19H2,1H3,(H,28,33). The van der Waals surface area contributed by atoms with E-state index in [-0.39, 0.29) is 5.91 Å². The molecule has 34 heavy (non-hydrogen) atoms. The number of amides is 1. The topological polar surface area (TPSA) is 72.3 Å². The summed E-state index contributed by atoms with van der Waals surface area (Å²) < 4.78 is 7.37. The minimum absolute atomic E-state index is 0.0974. The summed E-state index contributed by atoms with van der Waals surface area (Å²) in [7, 11) is 1.61. The van der Waals surface area contributed by atoms with Gasteiger partial charge in [-0.15, -0.1) is 10.2 Å². The first-order chi connectivity index (χ1) is 16.7.